The third kappa shape index (κ3) is 13.3. The molecule has 0 bridgehead atoms. The second-order valence-corrected chi connectivity index (χ2v) is 16.7. The number of aryl methyl sites for hydroxylation is 5. The van der Waals surface area contributed by atoms with Crippen molar-refractivity contribution in [3.63, 3.8) is 0 Å². The van der Waals surface area contributed by atoms with Gasteiger partial charge in [0, 0.05) is 34.4 Å². The maximum Gasteiger partial charge on any atom is 0.336 e. The second kappa shape index (κ2) is 24.6. The molecule has 14 nitrogen and oxygen atoms in total. The molecule has 0 spiro atoms. The molecule has 2 aliphatic rings. The molecule has 3 heterocycles. The number of esters is 2. The van der Waals surface area contributed by atoms with Gasteiger partial charge in [0.15, 0.2) is 40.3 Å². The van der Waals surface area contributed by atoms with Gasteiger partial charge < -0.3 is 53.3 Å². The third-order valence-corrected chi connectivity index (χ3v) is 11.6. The number of ether oxygens (including phenoxy) is 6. The van der Waals surface area contributed by atoms with Crippen LogP contribution in [-0.2, 0) is 19.1 Å². The molecular formula is C60H56O14. The van der Waals surface area contributed by atoms with Gasteiger partial charge in [0.2, 0.25) is 0 Å². The summed E-state index contributed by atoms with van der Waals surface area (Å²) in [7, 11) is 6.43. The number of cyclic esters (lactones) is 2. The van der Waals surface area contributed by atoms with Crippen LogP contribution in [0.15, 0.2) is 168 Å². The summed E-state index contributed by atoms with van der Waals surface area (Å²) < 4.78 is 36.4. The molecule has 0 radical (unpaired) electrons. The van der Waals surface area contributed by atoms with Crippen LogP contribution in [0.1, 0.15) is 66.2 Å². The minimum absolute atomic E-state index is 0.0194. The van der Waals surface area contributed by atoms with Crippen molar-refractivity contribution < 1.29 is 67.6 Å². The lowest BCUT2D eigenvalue weighted by atomic mass is 9.94. The molecule has 0 aliphatic carbocycles. The first-order valence-electron chi connectivity index (χ1n) is 22.9. The van der Waals surface area contributed by atoms with Gasteiger partial charge in [-0.2, -0.15) is 0 Å². The highest BCUT2D eigenvalue weighted by Gasteiger charge is 2.22. The van der Waals surface area contributed by atoms with Gasteiger partial charge in [-0.1, -0.05) is 36.4 Å². The van der Waals surface area contributed by atoms with E-state index in [-0.39, 0.29) is 40.5 Å². The molecule has 0 atom stereocenters. The monoisotopic (exact) mass is 1000 g/mol. The zero-order chi connectivity index (χ0) is 53.6. The van der Waals surface area contributed by atoms with E-state index in [1.165, 1.54) is 60.2 Å². The molecule has 6 aromatic carbocycles. The number of carbonyl (C=O) groups excluding carboxylic acids is 3. The van der Waals surface area contributed by atoms with E-state index < -0.39 is 5.97 Å². The van der Waals surface area contributed by atoms with Crippen LogP contribution < -0.4 is 18.9 Å². The molecule has 0 amide bonds. The molecule has 0 saturated carbocycles. The molecule has 1 aromatic heterocycles. The number of hydrogen-bond acceptors (Lipinski definition) is 14. The molecule has 0 saturated heterocycles. The fourth-order valence-electron chi connectivity index (χ4n) is 7.62. The molecule has 4 N–H and O–H groups in total. The molecule has 7 aromatic rings. The maximum atomic E-state index is 12.5. The highest BCUT2D eigenvalue weighted by molar-refractivity contribution is 6.09. The number of phenols is 4. The summed E-state index contributed by atoms with van der Waals surface area (Å²) in [4.78, 5) is 35.4. The van der Waals surface area contributed by atoms with Crippen LogP contribution in [0.4, 0.5) is 0 Å². The Morgan fingerprint density at radius 1 is 0.405 bits per heavy atom. The quantitative estimate of drug-likeness (QED) is 0.0573. The van der Waals surface area contributed by atoms with Crippen LogP contribution in [0.2, 0.25) is 0 Å². The van der Waals surface area contributed by atoms with Crippen LogP contribution in [0, 0.1) is 34.6 Å². The molecular weight excluding hydrogens is 945 g/mol. The zero-order valence-corrected chi connectivity index (χ0v) is 42.3. The van der Waals surface area contributed by atoms with Crippen molar-refractivity contribution in [1.82, 2.24) is 0 Å². The summed E-state index contributed by atoms with van der Waals surface area (Å²) >= 11 is 0. The van der Waals surface area contributed by atoms with Crippen LogP contribution in [0.5, 0.6) is 46.0 Å². The molecule has 0 unspecified atom stereocenters. The van der Waals surface area contributed by atoms with Gasteiger partial charge >= 0.3 is 11.9 Å². The van der Waals surface area contributed by atoms with Gasteiger partial charge in [-0.15, -0.1) is 0 Å². The normalized spacial score (nSPS) is 12.0. The van der Waals surface area contributed by atoms with E-state index in [9.17, 15) is 34.8 Å². The van der Waals surface area contributed by atoms with Crippen molar-refractivity contribution in [2.45, 2.75) is 34.6 Å². The van der Waals surface area contributed by atoms with E-state index in [4.69, 9.17) is 32.8 Å². The van der Waals surface area contributed by atoms with E-state index in [0.717, 1.165) is 50.6 Å². The number of furan rings is 1. The Balaban J connectivity index is 0.000000171. The number of rotatable bonds is 10. The highest BCUT2D eigenvalue weighted by Crippen LogP contribution is 2.39. The van der Waals surface area contributed by atoms with Crippen LogP contribution in [0.25, 0.3) is 11.1 Å². The molecule has 0 fully saturated rings. The van der Waals surface area contributed by atoms with Gasteiger partial charge in [-0.3, -0.25) is 4.79 Å². The van der Waals surface area contributed by atoms with Crippen LogP contribution in [0.3, 0.4) is 0 Å². The number of methoxy groups -OCH3 is 4. The topological polar surface area (TPSA) is 201 Å². The number of benzene rings is 6. The Hall–Kier alpha value is -9.43. The van der Waals surface area contributed by atoms with Crippen LogP contribution >= 0.6 is 0 Å². The summed E-state index contributed by atoms with van der Waals surface area (Å²) in [5.41, 5.74) is 9.68. The van der Waals surface area contributed by atoms with E-state index in [1.807, 2.05) is 101 Å². The molecule has 2 aliphatic heterocycles. The molecule has 9 rings (SSSR count). The average Bonchev–Trinajstić information content (AvgIpc) is 4.17. The van der Waals surface area contributed by atoms with Gasteiger partial charge in [0.05, 0.1) is 34.7 Å². The Bertz CT molecular complexity index is 3210. The minimum atomic E-state index is -0.538. The van der Waals surface area contributed by atoms with Crippen molar-refractivity contribution >= 4 is 28.9 Å². The Morgan fingerprint density at radius 3 is 1.18 bits per heavy atom. The highest BCUT2D eigenvalue weighted by atomic mass is 16.5. The summed E-state index contributed by atoms with van der Waals surface area (Å²) in [6.07, 6.45) is 7.51. The average molecular weight is 1000 g/mol. The number of ketones is 1. The molecule has 74 heavy (non-hydrogen) atoms. The number of hydrogen-bond donors (Lipinski definition) is 4. The minimum Gasteiger partial charge on any atom is -0.504 e. The fraction of sp³-hybridized carbons (Fsp3) is 0.150. The number of carbonyl (C=O) groups is 3. The fourth-order valence-corrected chi connectivity index (χ4v) is 7.62. The van der Waals surface area contributed by atoms with Crippen molar-refractivity contribution in [3.05, 3.63) is 225 Å². The van der Waals surface area contributed by atoms with Gasteiger partial charge in [0.1, 0.15) is 28.8 Å². The van der Waals surface area contributed by atoms with Crippen molar-refractivity contribution in [2.75, 3.05) is 28.4 Å². The van der Waals surface area contributed by atoms with Crippen molar-refractivity contribution in [1.29, 1.82) is 0 Å². The number of allylic oxidation sites excluding steroid dienone is 2. The summed E-state index contributed by atoms with van der Waals surface area (Å²) in [6, 6.07) is 34.8. The number of aromatic hydroxyl groups is 4. The number of phenolic OH excluding ortho intramolecular Hbond substituents is 4. The summed E-state index contributed by atoms with van der Waals surface area (Å²) in [5.74, 6) is 2.38. The predicted molar refractivity (Wildman–Crippen MR) is 280 cm³/mol. The lowest BCUT2D eigenvalue weighted by Crippen LogP contribution is -2.03. The predicted octanol–water partition coefficient (Wildman–Crippen LogP) is 11.7. The zero-order valence-electron chi connectivity index (χ0n) is 42.3. The first-order chi connectivity index (χ1) is 35.4. The Morgan fingerprint density at radius 2 is 0.811 bits per heavy atom. The van der Waals surface area contributed by atoms with Gasteiger partial charge in [-0.05, 0) is 176 Å². The van der Waals surface area contributed by atoms with E-state index in [1.54, 1.807) is 59.0 Å². The van der Waals surface area contributed by atoms with E-state index in [2.05, 4.69) is 0 Å². The van der Waals surface area contributed by atoms with Crippen molar-refractivity contribution in [2.24, 2.45) is 0 Å². The van der Waals surface area contributed by atoms with Gasteiger partial charge in [-0.25, -0.2) is 9.59 Å². The second-order valence-electron chi connectivity index (χ2n) is 16.7. The standard InChI is InChI=1S/C21H20O4.C17H12O6.C17H18O3.C5H6O/c1-13-11-15(5-7-17(13)23-3)21(19-9-10-20(22)25-19)16-6-8-18(24-4)14(2)12-16;18-11-3-1-9(7-13(11)20)17(15-5-6-16(22)23-15)10-2-4-12(19)14(21)8-10;1-11-5-6-13(9-12(11)2)17(18)14-7-8-15(19-3)16(10-14)20-4;1-5-3-2-4-6-5/h5-12H,1-4H3;1-8,18-21H;5-10H,1-4H3;2-4H,1H3. The van der Waals surface area contributed by atoms with Crippen LogP contribution in [-0.4, -0.2) is 66.6 Å². The first-order valence-corrected chi connectivity index (χ1v) is 22.9. The SMILES string of the molecule is COc1ccc(C(=C2C=CC(=O)O2)c2ccc(OC)c(C)c2)cc1C.COc1ccc(C(=O)c2ccc(C)c(C)c2)cc1OC.Cc1ccco1.O=C1C=CC(=C(c2ccc(O)c(O)c2)c2ccc(O)c(O)c2)O1. The van der Waals surface area contributed by atoms with Crippen molar-refractivity contribution in [3.8, 4) is 46.0 Å². The Labute approximate surface area is 428 Å². The smallest absolute Gasteiger partial charge is 0.336 e. The maximum absolute atomic E-state index is 12.5. The van der Waals surface area contributed by atoms with E-state index >= 15 is 0 Å². The van der Waals surface area contributed by atoms with E-state index in [0.29, 0.717) is 45.1 Å². The Kier molecular flexibility index (Phi) is 17.9. The van der Waals surface area contributed by atoms with Gasteiger partial charge in [0.25, 0.3) is 0 Å². The lowest BCUT2D eigenvalue weighted by molar-refractivity contribution is -0.133. The first kappa shape index (κ1) is 53.9. The molecule has 380 valence electrons. The summed E-state index contributed by atoms with van der Waals surface area (Å²) in [5, 5.41) is 38.3. The third-order valence-electron chi connectivity index (χ3n) is 11.6. The largest absolute Gasteiger partial charge is 0.504 e. The molecule has 14 heteroatoms. The lowest BCUT2D eigenvalue weighted by Gasteiger charge is -2.15. The summed E-state index contributed by atoms with van der Waals surface area (Å²) in [6.45, 7) is 9.92.